The van der Waals surface area contributed by atoms with Gasteiger partial charge in [-0.3, -0.25) is 0 Å². The Kier molecular flexibility index (Phi) is 7.17. The van der Waals surface area contributed by atoms with Crippen LogP contribution in [0.25, 0.3) is 0 Å². The topological polar surface area (TPSA) is 87.7 Å². The van der Waals surface area contributed by atoms with Crippen LogP contribution < -0.4 is 10.6 Å². The lowest BCUT2D eigenvalue weighted by molar-refractivity contribution is -0.139. The van der Waals surface area contributed by atoms with Crippen LogP contribution in [0.5, 0.6) is 0 Å². The first-order chi connectivity index (χ1) is 10.0. The highest BCUT2D eigenvalue weighted by atomic mass is 19.1. The van der Waals surface area contributed by atoms with E-state index in [1.54, 1.807) is 12.1 Å². The third-order valence-corrected chi connectivity index (χ3v) is 2.81. The smallest absolute Gasteiger partial charge is 0.326 e. The Hall–Kier alpha value is -2.15. The van der Waals surface area contributed by atoms with E-state index in [-0.39, 0.29) is 18.8 Å². The Morgan fingerprint density at radius 3 is 2.57 bits per heavy atom. The van der Waals surface area contributed by atoms with E-state index in [1.807, 2.05) is 0 Å². The van der Waals surface area contributed by atoms with Crippen molar-refractivity contribution in [2.45, 2.75) is 25.4 Å². The summed E-state index contributed by atoms with van der Waals surface area (Å²) in [7, 11) is 1.53. The summed E-state index contributed by atoms with van der Waals surface area (Å²) in [6.45, 7) is 0.624. The Bertz CT molecular complexity index is 465. The maximum atomic E-state index is 12.7. The first-order valence-corrected chi connectivity index (χ1v) is 6.53. The molecule has 0 bridgehead atoms. The highest BCUT2D eigenvalue weighted by Gasteiger charge is 2.19. The molecule has 116 valence electrons. The van der Waals surface area contributed by atoms with E-state index in [0.29, 0.717) is 13.0 Å². The van der Waals surface area contributed by atoms with Crippen molar-refractivity contribution in [3.05, 3.63) is 35.6 Å². The first kappa shape index (κ1) is 16.9. The Morgan fingerprint density at radius 2 is 2.00 bits per heavy atom. The van der Waals surface area contributed by atoms with Gasteiger partial charge in [0.15, 0.2) is 0 Å². The van der Waals surface area contributed by atoms with E-state index in [4.69, 9.17) is 9.84 Å². The van der Waals surface area contributed by atoms with Crippen molar-refractivity contribution in [2.75, 3.05) is 13.7 Å². The van der Waals surface area contributed by atoms with Crippen molar-refractivity contribution >= 4 is 12.0 Å². The highest BCUT2D eigenvalue weighted by Crippen LogP contribution is 2.02. The van der Waals surface area contributed by atoms with E-state index in [2.05, 4.69) is 10.6 Å². The van der Waals surface area contributed by atoms with Crippen LogP contribution in [0.1, 0.15) is 18.4 Å². The van der Waals surface area contributed by atoms with Gasteiger partial charge in [0, 0.05) is 20.3 Å². The molecule has 6 nitrogen and oxygen atoms in total. The van der Waals surface area contributed by atoms with Crippen molar-refractivity contribution < 1.29 is 23.8 Å². The summed E-state index contributed by atoms with van der Waals surface area (Å²) in [6.07, 6.45) is 0.818. The lowest BCUT2D eigenvalue weighted by atomic mass is 10.1. The predicted octanol–water partition coefficient (Wildman–Crippen LogP) is 1.50. The SMILES string of the molecule is COCCCC(NC(=O)NCc1ccc(F)cc1)C(=O)O. The molecule has 21 heavy (non-hydrogen) atoms. The second-order valence-corrected chi connectivity index (χ2v) is 4.48. The van der Waals surface area contributed by atoms with E-state index >= 15 is 0 Å². The van der Waals surface area contributed by atoms with Gasteiger partial charge in [-0.25, -0.2) is 14.0 Å². The number of urea groups is 1. The molecule has 0 spiro atoms. The zero-order chi connectivity index (χ0) is 15.7. The van der Waals surface area contributed by atoms with Gasteiger partial charge < -0.3 is 20.5 Å². The fraction of sp³-hybridized carbons (Fsp3) is 0.429. The van der Waals surface area contributed by atoms with E-state index in [0.717, 1.165) is 5.56 Å². The molecule has 3 N–H and O–H groups in total. The summed E-state index contributed by atoms with van der Waals surface area (Å²) >= 11 is 0. The highest BCUT2D eigenvalue weighted by molar-refractivity contribution is 5.82. The minimum Gasteiger partial charge on any atom is -0.480 e. The summed E-state index contributed by atoms with van der Waals surface area (Å²) in [5.74, 6) is -1.45. The van der Waals surface area contributed by atoms with Crippen LogP contribution in [0.15, 0.2) is 24.3 Å². The van der Waals surface area contributed by atoms with Crippen molar-refractivity contribution in [1.29, 1.82) is 0 Å². The summed E-state index contributed by atoms with van der Waals surface area (Å²) in [5, 5.41) is 13.9. The fourth-order valence-corrected chi connectivity index (χ4v) is 1.68. The number of rotatable bonds is 8. The number of hydrogen-bond acceptors (Lipinski definition) is 3. The zero-order valence-corrected chi connectivity index (χ0v) is 11.8. The second-order valence-electron chi connectivity index (χ2n) is 4.48. The van der Waals surface area contributed by atoms with Crippen molar-refractivity contribution in [2.24, 2.45) is 0 Å². The maximum absolute atomic E-state index is 12.7. The number of carboxylic acids is 1. The number of halogens is 1. The van der Waals surface area contributed by atoms with Crippen LogP contribution in [0.2, 0.25) is 0 Å². The monoisotopic (exact) mass is 298 g/mol. The lowest BCUT2D eigenvalue weighted by Crippen LogP contribution is -2.45. The molecule has 1 rings (SSSR count). The molecule has 1 atom stereocenters. The van der Waals surface area contributed by atoms with Gasteiger partial charge in [-0.05, 0) is 30.5 Å². The average molecular weight is 298 g/mol. The molecule has 0 aliphatic heterocycles. The van der Waals surface area contributed by atoms with Crippen LogP contribution in [-0.2, 0) is 16.1 Å². The van der Waals surface area contributed by atoms with Crippen molar-refractivity contribution in [1.82, 2.24) is 10.6 Å². The van der Waals surface area contributed by atoms with E-state index in [9.17, 15) is 14.0 Å². The Morgan fingerprint density at radius 1 is 1.33 bits per heavy atom. The molecule has 7 heteroatoms. The van der Waals surface area contributed by atoms with Gasteiger partial charge in [0.1, 0.15) is 11.9 Å². The summed E-state index contributed by atoms with van der Waals surface area (Å²) in [5.41, 5.74) is 0.720. The standard InChI is InChI=1S/C14H19FN2O4/c1-21-8-2-3-12(13(18)19)17-14(20)16-9-10-4-6-11(15)7-5-10/h4-7,12H,2-3,8-9H2,1H3,(H,18,19)(H2,16,17,20). The van der Waals surface area contributed by atoms with Crippen LogP contribution in [0, 0.1) is 5.82 Å². The molecule has 0 aromatic heterocycles. The normalized spacial score (nSPS) is 11.7. The molecule has 0 aliphatic rings. The Labute approximate surface area is 122 Å². The minimum atomic E-state index is -1.09. The van der Waals surface area contributed by atoms with Gasteiger partial charge in [0.05, 0.1) is 0 Å². The molecule has 0 aliphatic carbocycles. The second kappa shape index (κ2) is 8.91. The predicted molar refractivity (Wildman–Crippen MR) is 74.3 cm³/mol. The van der Waals surface area contributed by atoms with Crippen LogP contribution >= 0.6 is 0 Å². The van der Waals surface area contributed by atoms with Crippen LogP contribution in [0.4, 0.5) is 9.18 Å². The number of nitrogens with one attached hydrogen (secondary N) is 2. The third-order valence-electron chi connectivity index (χ3n) is 2.81. The van der Waals surface area contributed by atoms with Crippen LogP contribution in [-0.4, -0.2) is 36.9 Å². The molecule has 2 amide bonds. The molecule has 0 fully saturated rings. The largest absolute Gasteiger partial charge is 0.480 e. The molecule has 0 radical (unpaired) electrons. The Balaban J connectivity index is 2.39. The van der Waals surface area contributed by atoms with Gasteiger partial charge in [-0.1, -0.05) is 12.1 Å². The number of methoxy groups -OCH3 is 1. The number of ether oxygens (including phenoxy) is 1. The molecule has 1 unspecified atom stereocenters. The molecule has 0 saturated heterocycles. The number of amides is 2. The van der Waals surface area contributed by atoms with Gasteiger partial charge >= 0.3 is 12.0 Å². The number of carboxylic acid groups (broad SMARTS) is 1. The fourth-order valence-electron chi connectivity index (χ4n) is 1.68. The van der Waals surface area contributed by atoms with E-state index in [1.165, 1.54) is 19.2 Å². The lowest BCUT2D eigenvalue weighted by Gasteiger charge is -2.15. The van der Waals surface area contributed by atoms with Gasteiger partial charge in [-0.2, -0.15) is 0 Å². The molecule has 0 heterocycles. The van der Waals surface area contributed by atoms with Gasteiger partial charge in [0.25, 0.3) is 0 Å². The number of carbonyl (C=O) groups excluding carboxylic acids is 1. The number of aliphatic carboxylic acids is 1. The third kappa shape index (κ3) is 6.71. The molecule has 1 aromatic rings. The summed E-state index contributed by atoms with van der Waals surface area (Å²) < 4.78 is 17.6. The maximum Gasteiger partial charge on any atom is 0.326 e. The average Bonchev–Trinajstić information content (AvgIpc) is 2.45. The molecule has 1 aromatic carbocycles. The number of benzene rings is 1. The quantitative estimate of drug-likeness (QED) is 0.635. The van der Waals surface area contributed by atoms with Crippen LogP contribution in [0.3, 0.4) is 0 Å². The number of hydrogen-bond donors (Lipinski definition) is 3. The van der Waals surface area contributed by atoms with Crippen molar-refractivity contribution in [3.63, 3.8) is 0 Å². The van der Waals surface area contributed by atoms with Crippen molar-refractivity contribution in [3.8, 4) is 0 Å². The number of carbonyl (C=O) groups is 2. The molecular weight excluding hydrogens is 279 g/mol. The summed E-state index contributed by atoms with van der Waals surface area (Å²) in [4.78, 5) is 22.7. The summed E-state index contributed by atoms with van der Waals surface area (Å²) in [6, 6.07) is 4.13. The van der Waals surface area contributed by atoms with E-state index < -0.39 is 18.0 Å². The van der Waals surface area contributed by atoms with Gasteiger partial charge in [-0.15, -0.1) is 0 Å². The minimum absolute atomic E-state index is 0.191. The zero-order valence-electron chi connectivity index (χ0n) is 11.8. The first-order valence-electron chi connectivity index (χ1n) is 6.53. The molecular formula is C14H19FN2O4. The molecule has 0 saturated carbocycles. The van der Waals surface area contributed by atoms with Gasteiger partial charge in [0.2, 0.25) is 0 Å².